The van der Waals surface area contributed by atoms with Crippen molar-refractivity contribution in [2.45, 2.75) is 6.92 Å². The molecule has 0 spiro atoms. The average molecular weight is 297 g/mol. The highest BCUT2D eigenvalue weighted by molar-refractivity contribution is 6.08. The van der Waals surface area contributed by atoms with Gasteiger partial charge in [0.25, 0.3) is 5.91 Å². The van der Waals surface area contributed by atoms with E-state index >= 15 is 0 Å². The Kier molecular flexibility index (Phi) is 4.68. The van der Waals surface area contributed by atoms with Gasteiger partial charge in [0.15, 0.2) is 12.4 Å². The van der Waals surface area contributed by atoms with Crippen molar-refractivity contribution in [3.8, 4) is 5.75 Å². The Balaban J connectivity index is 2.18. The zero-order chi connectivity index (χ0) is 16.1. The Morgan fingerprint density at radius 2 is 1.45 bits per heavy atom. The van der Waals surface area contributed by atoms with Crippen LogP contribution in [0.15, 0.2) is 48.5 Å². The number of rotatable bonds is 6. The number of ketones is 2. The van der Waals surface area contributed by atoms with Crippen LogP contribution in [0.4, 0.5) is 0 Å². The van der Waals surface area contributed by atoms with Crippen molar-refractivity contribution in [2.24, 2.45) is 5.73 Å². The van der Waals surface area contributed by atoms with E-state index in [2.05, 4.69) is 0 Å². The highest BCUT2D eigenvalue weighted by Gasteiger charge is 2.16. The largest absolute Gasteiger partial charge is 0.485 e. The lowest BCUT2D eigenvalue weighted by molar-refractivity contribution is 0.0904. The minimum absolute atomic E-state index is 0.193. The van der Waals surface area contributed by atoms with Crippen LogP contribution < -0.4 is 10.5 Å². The van der Waals surface area contributed by atoms with Crippen LogP contribution in [0.3, 0.4) is 0 Å². The van der Waals surface area contributed by atoms with E-state index in [1.165, 1.54) is 13.0 Å². The SMILES string of the molecule is CC(=O)c1ccccc1C(=O)COc1ccccc1C(N)=O. The van der Waals surface area contributed by atoms with Crippen molar-refractivity contribution >= 4 is 17.5 Å². The van der Waals surface area contributed by atoms with Gasteiger partial charge >= 0.3 is 0 Å². The lowest BCUT2D eigenvalue weighted by Gasteiger charge is -2.10. The second-order valence-electron chi connectivity index (χ2n) is 4.67. The van der Waals surface area contributed by atoms with Gasteiger partial charge in [-0.1, -0.05) is 36.4 Å². The summed E-state index contributed by atoms with van der Waals surface area (Å²) in [5.74, 6) is -0.928. The maximum absolute atomic E-state index is 12.2. The van der Waals surface area contributed by atoms with Crippen molar-refractivity contribution in [3.63, 3.8) is 0 Å². The first-order valence-corrected chi connectivity index (χ1v) is 6.65. The van der Waals surface area contributed by atoms with Gasteiger partial charge in [0, 0.05) is 11.1 Å². The predicted octanol–water partition coefficient (Wildman–Crippen LogP) is 2.25. The van der Waals surface area contributed by atoms with Gasteiger partial charge in [-0.05, 0) is 19.1 Å². The standard InChI is InChI=1S/C17H15NO4/c1-11(19)12-6-2-3-7-13(12)15(20)10-22-16-9-5-4-8-14(16)17(18)21/h2-9H,10H2,1H3,(H2,18,21). The molecule has 22 heavy (non-hydrogen) atoms. The summed E-state index contributed by atoms with van der Waals surface area (Å²) in [7, 11) is 0. The molecule has 2 aromatic rings. The number of carbonyl (C=O) groups is 3. The molecule has 2 aromatic carbocycles. The first-order chi connectivity index (χ1) is 10.5. The number of primary amides is 1. The topological polar surface area (TPSA) is 86.5 Å². The first-order valence-electron chi connectivity index (χ1n) is 6.65. The van der Waals surface area contributed by atoms with E-state index in [4.69, 9.17) is 10.5 Å². The fourth-order valence-electron chi connectivity index (χ4n) is 2.05. The smallest absolute Gasteiger partial charge is 0.252 e. The van der Waals surface area contributed by atoms with Crippen LogP contribution in [-0.2, 0) is 0 Å². The van der Waals surface area contributed by atoms with Gasteiger partial charge in [0.2, 0.25) is 5.78 Å². The van der Waals surface area contributed by atoms with Gasteiger partial charge in [-0.15, -0.1) is 0 Å². The number of benzene rings is 2. The monoisotopic (exact) mass is 297 g/mol. The number of nitrogens with two attached hydrogens (primary N) is 1. The van der Waals surface area contributed by atoms with Crippen LogP contribution in [-0.4, -0.2) is 24.1 Å². The van der Waals surface area contributed by atoms with Crippen molar-refractivity contribution < 1.29 is 19.1 Å². The summed E-state index contributed by atoms with van der Waals surface area (Å²) in [4.78, 5) is 35.1. The van der Waals surface area contributed by atoms with E-state index in [1.807, 2.05) is 0 Å². The highest BCUT2D eigenvalue weighted by atomic mass is 16.5. The van der Waals surface area contributed by atoms with E-state index in [0.29, 0.717) is 11.1 Å². The molecular weight excluding hydrogens is 282 g/mol. The fraction of sp³-hybridized carbons (Fsp3) is 0.118. The summed E-state index contributed by atoms with van der Waals surface area (Å²) in [6, 6.07) is 12.9. The summed E-state index contributed by atoms with van der Waals surface area (Å²) >= 11 is 0. The molecule has 0 heterocycles. The molecule has 5 heteroatoms. The van der Waals surface area contributed by atoms with E-state index in [1.54, 1.807) is 42.5 Å². The van der Waals surface area contributed by atoms with Gasteiger partial charge in [-0.25, -0.2) is 0 Å². The summed E-state index contributed by atoms with van der Waals surface area (Å²) in [6.07, 6.45) is 0. The summed E-state index contributed by atoms with van der Waals surface area (Å²) in [5, 5.41) is 0. The Morgan fingerprint density at radius 1 is 0.909 bits per heavy atom. The van der Waals surface area contributed by atoms with Crippen LogP contribution in [0.25, 0.3) is 0 Å². The number of Topliss-reactive ketones (excluding diaryl/α,β-unsaturated/α-hetero) is 2. The van der Waals surface area contributed by atoms with Crippen LogP contribution in [0.2, 0.25) is 0 Å². The molecule has 1 amide bonds. The van der Waals surface area contributed by atoms with Crippen molar-refractivity contribution in [1.29, 1.82) is 0 Å². The fourth-order valence-corrected chi connectivity index (χ4v) is 2.05. The zero-order valence-electron chi connectivity index (χ0n) is 12.0. The summed E-state index contributed by atoms with van der Waals surface area (Å²) in [6.45, 7) is 1.12. The van der Waals surface area contributed by atoms with Gasteiger partial charge < -0.3 is 10.5 Å². The minimum Gasteiger partial charge on any atom is -0.485 e. The summed E-state index contributed by atoms with van der Waals surface area (Å²) in [5.41, 5.74) is 6.10. The molecule has 0 radical (unpaired) electrons. The maximum atomic E-state index is 12.2. The van der Waals surface area contributed by atoms with Crippen molar-refractivity contribution in [1.82, 2.24) is 0 Å². The van der Waals surface area contributed by atoms with Crippen LogP contribution in [0.1, 0.15) is 38.0 Å². The first kappa shape index (κ1) is 15.4. The molecular formula is C17H15NO4. The second-order valence-corrected chi connectivity index (χ2v) is 4.67. The molecule has 0 atom stereocenters. The van der Waals surface area contributed by atoms with Gasteiger partial charge in [0.05, 0.1) is 5.56 Å². The Bertz CT molecular complexity index is 737. The molecule has 0 aliphatic carbocycles. The number of carbonyl (C=O) groups excluding carboxylic acids is 3. The van der Waals surface area contributed by atoms with E-state index < -0.39 is 5.91 Å². The lowest BCUT2D eigenvalue weighted by Crippen LogP contribution is -2.18. The average Bonchev–Trinajstić information content (AvgIpc) is 2.52. The Hall–Kier alpha value is -2.95. The molecule has 0 aromatic heterocycles. The number of hydrogen-bond donors (Lipinski definition) is 1. The van der Waals surface area contributed by atoms with Crippen LogP contribution in [0.5, 0.6) is 5.75 Å². The molecule has 0 aliphatic rings. The number of hydrogen-bond acceptors (Lipinski definition) is 4. The molecule has 0 saturated carbocycles. The van der Waals surface area contributed by atoms with Crippen LogP contribution in [0, 0.1) is 0 Å². The van der Waals surface area contributed by atoms with Gasteiger partial charge in [0.1, 0.15) is 5.75 Å². The third-order valence-electron chi connectivity index (χ3n) is 3.12. The van der Waals surface area contributed by atoms with Gasteiger partial charge in [-0.3, -0.25) is 14.4 Å². The van der Waals surface area contributed by atoms with E-state index in [-0.39, 0.29) is 29.5 Å². The molecule has 5 nitrogen and oxygen atoms in total. The Labute approximate surface area is 127 Å². The predicted molar refractivity (Wildman–Crippen MR) is 81.2 cm³/mol. The molecule has 2 N–H and O–H groups in total. The lowest BCUT2D eigenvalue weighted by atomic mass is 10.0. The van der Waals surface area contributed by atoms with Gasteiger partial charge in [-0.2, -0.15) is 0 Å². The number of amides is 1. The molecule has 112 valence electrons. The normalized spacial score (nSPS) is 10.0. The highest BCUT2D eigenvalue weighted by Crippen LogP contribution is 2.18. The second kappa shape index (κ2) is 6.67. The zero-order valence-corrected chi connectivity index (χ0v) is 12.0. The number of ether oxygens (including phenoxy) is 1. The molecule has 0 fully saturated rings. The summed E-state index contributed by atoms with van der Waals surface area (Å²) < 4.78 is 5.39. The molecule has 0 aliphatic heterocycles. The third kappa shape index (κ3) is 3.38. The van der Waals surface area contributed by atoms with Crippen LogP contribution >= 0.6 is 0 Å². The van der Waals surface area contributed by atoms with Crippen molar-refractivity contribution in [3.05, 3.63) is 65.2 Å². The Morgan fingerprint density at radius 3 is 2.05 bits per heavy atom. The van der Waals surface area contributed by atoms with E-state index in [0.717, 1.165) is 0 Å². The molecule has 0 saturated heterocycles. The minimum atomic E-state index is -0.632. The maximum Gasteiger partial charge on any atom is 0.252 e. The molecule has 2 rings (SSSR count). The molecule has 0 bridgehead atoms. The van der Waals surface area contributed by atoms with E-state index in [9.17, 15) is 14.4 Å². The number of para-hydroxylation sites is 1. The quantitative estimate of drug-likeness (QED) is 0.828. The third-order valence-corrected chi connectivity index (χ3v) is 3.12. The molecule has 0 unspecified atom stereocenters. The van der Waals surface area contributed by atoms with Crippen molar-refractivity contribution in [2.75, 3.05) is 6.61 Å².